The Morgan fingerprint density at radius 1 is 1.00 bits per heavy atom. The molecule has 0 aliphatic rings. The molecule has 0 aliphatic heterocycles. The van der Waals surface area contributed by atoms with Gasteiger partial charge in [-0.15, -0.1) is 0 Å². The molecule has 2 atom stereocenters. The standard InChI is InChI=1S/C8H19NO2/c1-4-7(10)9(6-3)8(11)5-2/h7-8,10-11H,4-6H2,1-3H3. The Bertz CT molecular complexity index is 88.1. The Kier molecular flexibility index (Phi) is 5.46. The van der Waals surface area contributed by atoms with Crippen molar-refractivity contribution in [2.75, 3.05) is 6.54 Å². The third-order valence-electron chi connectivity index (χ3n) is 1.86. The van der Waals surface area contributed by atoms with Gasteiger partial charge < -0.3 is 10.2 Å². The van der Waals surface area contributed by atoms with Crippen molar-refractivity contribution in [1.29, 1.82) is 0 Å². The maximum Gasteiger partial charge on any atom is 0.109 e. The SMILES string of the molecule is CCC(O)N(CC)C(O)CC. The van der Waals surface area contributed by atoms with Crippen molar-refractivity contribution in [2.24, 2.45) is 0 Å². The van der Waals surface area contributed by atoms with Crippen LogP contribution in [-0.2, 0) is 0 Å². The third-order valence-corrected chi connectivity index (χ3v) is 1.86. The van der Waals surface area contributed by atoms with Crippen molar-refractivity contribution in [3.05, 3.63) is 0 Å². The van der Waals surface area contributed by atoms with Crippen LogP contribution in [0.3, 0.4) is 0 Å². The molecule has 0 aliphatic carbocycles. The van der Waals surface area contributed by atoms with Crippen LogP contribution in [0.25, 0.3) is 0 Å². The maximum absolute atomic E-state index is 9.39. The molecular formula is C8H19NO2. The minimum atomic E-state index is -0.505. The first-order chi connectivity index (χ1) is 5.17. The lowest BCUT2D eigenvalue weighted by atomic mass is 10.3. The molecule has 0 amide bonds. The molecular weight excluding hydrogens is 142 g/mol. The highest BCUT2D eigenvalue weighted by molar-refractivity contribution is 4.60. The predicted octanol–water partition coefficient (Wildman–Crippen LogP) is 0.765. The summed E-state index contributed by atoms with van der Waals surface area (Å²) in [5, 5.41) is 18.8. The summed E-state index contributed by atoms with van der Waals surface area (Å²) in [5.41, 5.74) is 0. The molecule has 0 fully saturated rings. The normalized spacial score (nSPS) is 16.9. The second kappa shape index (κ2) is 5.52. The van der Waals surface area contributed by atoms with E-state index in [1.54, 1.807) is 4.90 Å². The molecule has 68 valence electrons. The summed E-state index contributed by atoms with van der Waals surface area (Å²) in [6.45, 7) is 6.41. The molecule has 11 heavy (non-hydrogen) atoms. The molecule has 0 rings (SSSR count). The van der Waals surface area contributed by atoms with Crippen LogP contribution in [0.2, 0.25) is 0 Å². The zero-order valence-electron chi connectivity index (χ0n) is 7.62. The predicted molar refractivity (Wildman–Crippen MR) is 45.0 cm³/mol. The van der Waals surface area contributed by atoms with E-state index < -0.39 is 12.5 Å². The number of nitrogens with zero attached hydrogens (tertiary/aromatic N) is 1. The summed E-state index contributed by atoms with van der Waals surface area (Å²) in [6.07, 6.45) is 0.306. The van der Waals surface area contributed by atoms with Crippen molar-refractivity contribution in [3.8, 4) is 0 Å². The highest BCUT2D eigenvalue weighted by atomic mass is 16.3. The first-order valence-corrected chi connectivity index (χ1v) is 4.29. The van der Waals surface area contributed by atoms with Gasteiger partial charge >= 0.3 is 0 Å². The lowest BCUT2D eigenvalue weighted by Crippen LogP contribution is -2.42. The highest BCUT2D eigenvalue weighted by Crippen LogP contribution is 2.06. The van der Waals surface area contributed by atoms with Crippen LogP contribution in [0.4, 0.5) is 0 Å². The topological polar surface area (TPSA) is 43.7 Å². The van der Waals surface area contributed by atoms with Gasteiger partial charge in [0.1, 0.15) is 12.5 Å². The fraction of sp³-hybridized carbons (Fsp3) is 1.00. The molecule has 0 radical (unpaired) electrons. The first-order valence-electron chi connectivity index (χ1n) is 4.29. The Morgan fingerprint density at radius 3 is 1.55 bits per heavy atom. The van der Waals surface area contributed by atoms with Gasteiger partial charge in [0.2, 0.25) is 0 Å². The van der Waals surface area contributed by atoms with Gasteiger partial charge in [-0.25, -0.2) is 0 Å². The van der Waals surface area contributed by atoms with Gasteiger partial charge in [-0.1, -0.05) is 20.8 Å². The van der Waals surface area contributed by atoms with Gasteiger partial charge in [-0.05, 0) is 12.8 Å². The maximum atomic E-state index is 9.39. The Morgan fingerprint density at radius 2 is 1.36 bits per heavy atom. The molecule has 0 aromatic heterocycles. The van der Waals surface area contributed by atoms with Crippen molar-refractivity contribution in [3.63, 3.8) is 0 Å². The summed E-state index contributed by atoms with van der Waals surface area (Å²) in [4.78, 5) is 1.68. The van der Waals surface area contributed by atoms with E-state index in [9.17, 15) is 10.2 Å². The minimum absolute atomic E-state index is 0.505. The van der Waals surface area contributed by atoms with Crippen LogP contribution >= 0.6 is 0 Å². The van der Waals surface area contributed by atoms with E-state index in [4.69, 9.17) is 0 Å². The summed E-state index contributed by atoms with van der Waals surface area (Å²) >= 11 is 0. The van der Waals surface area contributed by atoms with Gasteiger partial charge in [0.25, 0.3) is 0 Å². The van der Waals surface area contributed by atoms with E-state index in [1.165, 1.54) is 0 Å². The summed E-state index contributed by atoms with van der Waals surface area (Å²) in [6, 6.07) is 0. The zero-order valence-corrected chi connectivity index (χ0v) is 7.62. The van der Waals surface area contributed by atoms with E-state index in [2.05, 4.69) is 0 Å². The molecule has 2 N–H and O–H groups in total. The summed E-state index contributed by atoms with van der Waals surface area (Å²) < 4.78 is 0. The Hall–Kier alpha value is -0.120. The van der Waals surface area contributed by atoms with Gasteiger partial charge in [-0.2, -0.15) is 0 Å². The molecule has 2 unspecified atom stereocenters. The van der Waals surface area contributed by atoms with E-state index >= 15 is 0 Å². The molecule has 0 bridgehead atoms. The average molecular weight is 161 g/mol. The van der Waals surface area contributed by atoms with E-state index in [0.717, 1.165) is 0 Å². The number of hydrogen-bond acceptors (Lipinski definition) is 3. The smallest absolute Gasteiger partial charge is 0.109 e. The molecule has 0 heterocycles. The van der Waals surface area contributed by atoms with Gasteiger partial charge in [-0.3, -0.25) is 4.90 Å². The Balaban J connectivity index is 3.92. The quantitative estimate of drug-likeness (QED) is 0.585. The lowest BCUT2D eigenvalue weighted by molar-refractivity contribution is -0.100. The van der Waals surface area contributed by atoms with Crippen molar-refractivity contribution >= 4 is 0 Å². The fourth-order valence-electron chi connectivity index (χ4n) is 1.09. The molecule has 0 spiro atoms. The minimum Gasteiger partial charge on any atom is -0.378 e. The molecule has 3 nitrogen and oxygen atoms in total. The van der Waals surface area contributed by atoms with Crippen molar-refractivity contribution in [2.45, 2.75) is 46.1 Å². The number of aliphatic hydroxyl groups is 2. The van der Waals surface area contributed by atoms with Crippen molar-refractivity contribution < 1.29 is 10.2 Å². The van der Waals surface area contributed by atoms with Gasteiger partial charge in [0.15, 0.2) is 0 Å². The Labute approximate surface area is 68.6 Å². The molecule has 0 saturated carbocycles. The second-order valence-electron chi connectivity index (χ2n) is 2.61. The van der Waals surface area contributed by atoms with Crippen LogP contribution in [-0.4, -0.2) is 34.1 Å². The molecule has 0 aromatic rings. The molecule has 0 aromatic carbocycles. The van der Waals surface area contributed by atoms with Crippen molar-refractivity contribution in [1.82, 2.24) is 4.90 Å². The van der Waals surface area contributed by atoms with Crippen LogP contribution in [0.15, 0.2) is 0 Å². The molecule has 0 saturated heterocycles. The monoisotopic (exact) mass is 161 g/mol. The zero-order chi connectivity index (χ0) is 8.85. The number of rotatable bonds is 5. The number of aliphatic hydroxyl groups excluding tert-OH is 2. The highest BCUT2D eigenvalue weighted by Gasteiger charge is 2.17. The summed E-state index contributed by atoms with van der Waals surface area (Å²) in [7, 11) is 0. The molecule has 3 heteroatoms. The van der Waals surface area contributed by atoms with Crippen LogP contribution in [0, 0.1) is 0 Å². The van der Waals surface area contributed by atoms with E-state index in [-0.39, 0.29) is 0 Å². The summed E-state index contributed by atoms with van der Waals surface area (Å²) in [5.74, 6) is 0. The lowest BCUT2D eigenvalue weighted by Gasteiger charge is -2.29. The van der Waals surface area contributed by atoms with E-state index in [1.807, 2.05) is 20.8 Å². The second-order valence-corrected chi connectivity index (χ2v) is 2.61. The van der Waals surface area contributed by atoms with Gasteiger partial charge in [0, 0.05) is 6.54 Å². The van der Waals surface area contributed by atoms with Crippen LogP contribution in [0.5, 0.6) is 0 Å². The van der Waals surface area contributed by atoms with Crippen LogP contribution in [0.1, 0.15) is 33.6 Å². The van der Waals surface area contributed by atoms with Crippen LogP contribution < -0.4 is 0 Å². The number of hydrogen-bond donors (Lipinski definition) is 2. The first kappa shape index (κ1) is 10.9. The largest absolute Gasteiger partial charge is 0.378 e. The van der Waals surface area contributed by atoms with Gasteiger partial charge in [0.05, 0.1) is 0 Å². The third kappa shape index (κ3) is 3.18. The average Bonchev–Trinajstić information content (AvgIpc) is 2.05. The van der Waals surface area contributed by atoms with E-state index in [0.29, 0.717) is 19.4 Å². The fourth-order valence-corrected chi connectivity index (χ4v) is 1.09.